The van der Waals surface area contributed by atoms with Crippen molar-refractivity contribution in [2.45, 2.75) is 52.1 Å². The molecule has 1 atom stereocenters. The molecular formula is C17H26OS. The Morgan fingerprint density at radius 1 is 1.16 bits per heavy atom. The van der Waals surface area contributed by atoms with Gasteiger partial charge in [0.1, 0.15) is 0 Å². The van der Waals surface area contributed by atoms with Gasteiger partial charge in [-0.3, -0.25) is 0 Å². The molecule has 2 heteroatoms. The lowest BCUT2D eigenvalue weighted by molar-refractivity contribution is 0.0200. The third-order valence-corrected chi connectivity index (χ3v) is 5.58. The number of hydrogen-bond acceptors (Lipinski definition) is 2. The topological polar surface area (TPSA) is 20.2 Å². The lowest BCUT2D eigenvalue weighted by atomic mass is 9.79. The van der Waals surface area contributed by atoms with Crippen LogP contribution < -0.4 is 0 Å². The van der Waals surface area contributed by atoms with E-state index in [1.807, 2.05) is 11.8 Å². The molecule has 1 aromatic rings. The molecule has 0 saturated carbocycles. The van der Waals surface area contributed by atoms with Crippen molar-refractivity contribution in [2.75, 3.05) is 11.5 Å². The maximum atomic E-state index is 10.8. The van der Waals surface area contributed by atoms with Gasteiger partial charge < -0.3 is 5.11 Å². The predicted molar refractivity (Wildman–Crippen MR) is 84.9 cm³/mol. The fourth-order valence-electron chi connectivity index (χ4n) is 3.02. The van der Waals surface area contributed by atoms with Crippen LogP contribution >= 0.6 is 11.8 Å². The third kappa shape index (κ3) is 4.00. The molecule has 2 rings (SSSR count). The van der Waals surface area contributed by atoms with E-state index in [9.17, 15) is 5.11 Å². The molecule has 0 amide bonds. The fraction of sp³-hybridized carbons (Fsp3) is 0.647. The molecule has 0 spiro atoms. The van der Waals surface area contributed by atoms with Crippen molar-refractivity contribution < 1.29 is 5.11 Å². The molecule has 0 radical (unpaired) electrons. The Kier molecular flexibility index (Phi) is 4.32. The van der Waals surface area contributed by atoms with Crippen LogP contribution in [0.15, 0.2) is 24.3 Å². The van der Waals surface area contributed by atoms with Crippen LogP contribution in [0.2, 0.25) is 0 Å². The van der Waals surface area contributed by atoms with Gasteiger partial charge in [-0.25, -0.2) is 0 Å². The van der Waals surface area contributed by atoms with Gasteiger partial charge in [0.15, 0.2) is 0 Å². The molecule has 0 aliphatic carbocycles. The molecule has 19 heavy (non-hydrogen) atoms. The Morgan fingerprint density at radius 2 is 1.79 bits per heavy atom. The SMILES string of the molecule is CC(C)c1ccc(CC2(O)CSCC(C)(C)C2)cc1. The van der Waals surface area contributed by atoms with E-state index in [2.05, 4.69) is 52.0 Å². The highest BCUT2D eigenvalue weighted by Gasteiger charge is 2.38. The van der Waals surface area contributed by atoms with E-state index in [4.69, 9.17) is 0 Å². The Morgan fingerprint density at radius 3 is 2.32 bits per heavy atom. The average molecular weight is 278 g/mol. The molecule has 1 aliphatic heterocycles. The van der Waals surface area contributed by atoms with E-state index in [1.54, 1.807) is 0 Å². The molecular weight excluding hydrogens is 252 g/mol. The maximum Gasteiger partial charge on any atom is 0.0783 e. The minimum absolute atomic E-state index is 0.246. The van der Waals surface area contributed by atoms with Crippen LogP contribution in [0.5, 0.6) is 0 Å². The van der Waals surface area contributed by atoms with E-state index in [0.717, 1.165) is 24.3 Å². The van der Waals surface area contributed by atoms with Gasteiger partial charge in [-0.05, 0) is 34.6 Å². The highest BCUT2D eigenvalue weighted by atomic mass is 32.2. The van der Waals surface area contributed by atoms with Gasteiger partial charge in [0.2, 0.25) is 0 Å². The van der Waals surface area contributed by atoms with Crippen molar-refractivity contribution in [1.82, 2.24) is 0 Å². The smallest absolute Gasteiger partial charge is 0.0783 e. The molecule has 1 unspecified atom stereocenters. The van der Waals surface area contributed by atoms with Gasteiger partial charge in [0, 0.05) is 12.2 Å². The minimum Gasteiger partial charge on any atom is -0.389 e. The van der Waals surface area contributed by atoms with Gasteiger partial charge in [0.25, 0.3) is 0 Å². The van der Waals surface area contributed by atoms with Crippen molar-refractivity contribution in [3.05, 3.63) is 35.4 Å². The van der Waals surface area contributed by atoms with Crippen LogP contribution in [0.1, 0.15) is 51.2 Å². The lowest BCUT2D eigenvalue weighted by Gasteiger charge is -2.41. The van der Waals surface area contributed by atoms with Crippen LogP contribution in [0.4, 0.5) is 0 Å². The highest BCUT2D eigenvalue weighted by molar-refractivity contribution is 7.99. The first kappa shape index (κ1) is 14.9. The summed E-state index contributed by atoms with van der Waals surface area (Å²) in [4.78, 5) is 0. The molecule has 1 saturated heterocycles. The molecule has 1 aromatic carbocycles. The van der Waals surface area contributed by atoms with Gasteiger partial charge in [-0.15, -0.1) is 0 Å². The quantitative estimate of drug-likeness (QED) is 0.892. The monoisotopic (exact) mass is 278 g/mol. The van der Waals surface area contributed by atoms with E-state index in [0.29, 0.717) is 5.92 Å². The molecule has 106 valence electrons. The number of rotatable bonds is 3. The Bertz CT molecular complexity index is 421. The van der Waals surface area contributed by atoms with Crippen LogP contribution in [-0.4, -0.2) is 22.2 Å². The fourth-order valence-corrected chi connectivity index (χ4v) is 4.36. The van der Waals surface area contributed by atoms with Crippen LogP contribution in [0.25, 0.3) is 0 Å². The number of hydrogen-bond donors (Lipinski definition) is 1. The van der Waals surface area contributed by atoms with Crippen LogP contribution in [0.3, 0.4) is 0 Å². The van der Waals surface area contributed by atoms with Crippen LogP contribution in [-0.2, 0) is 6.42 Å². The van der Waals surface area contributed by atoms with Crippen molar-refractivity contribution in [1.29, 1.82) is 0 Å². The van der Waals surface area contributed by atoms with E-state index in [1.165, 1.54) is 11.1 Å². The lowest BCUT2D eigenvalue weighted by Crippen LogP contribution is -2.44. The van der Waals surface area contributed by atoms with Crippen molar-refractivity contribution >= 4 is 11.8 Å². The summed E-state index contributed by atoms with van der Waals surface area (Å²) in [5.41, 5.74) is 2.33. The standard InChI is InChI=1S/C17H26OS/c1-13(2)15-7-5-14(6-8-15)9-17(18)10-16(3,4)11-19-12-17/h5-8,13,18H,9-12H2,1-4H3. The molecule has 1 N–H and O–H groups in total. The second-order valence-corrected chi connectivity index (χ2v) is 8.12. The summed E-state index contributed by atoms with van der Waals surface area (Å²) in [6, 6.07) is 8.76. The summed E-state index contributed by atoms with van der Waals surface area (Å²) in [6.07, 6.45) is 1.68. The average Bonchev–Trinajstić information content (AvgIpc) is 2.27. The maximum absolute atomic E-state index is 10.8. The van der Waals surface area contributed by atoms with Crippen LogP contribution in [0, 0.1) is 5.41 Å². The first-order valence-corrected chi connectivity index (χ1v) is 8.34. The third-order valence-electron chi connectivity index (χ3n) is 3.85. The Balaban J connectivity index is 2.07. The first-order valence-electron chi connectivity index (χ1n) is 7.19. The molecule has 1 heterocycles. The first-order chi connectivity index (χ1) is 8.80. The molecule has 1 nitrogen and oxygen atoms in total. The van der Waals surface area contributed by atoms with Gasteiger partial charge >= 0.3 is 0 Å². The van der Waals surface area contributed by atoms with E-state index in [-0.39, 0.29) is 5.41 Å². The highest BCUT2D eigenvalue weighted by Crippen LogP contribution is 2.40. The van der Waals surface area contributed by atoms with Gasteiger partial charge in [-0.2, -0.15) is 11.8 Å². The molecule has 0 bridgehead atoms. The predicted octanol–water partition coefficient (Wildman–Crippen LogP) is 4.25. The van der Waals surface area contributed by atoms with Crippen molar-refractivity contribution in [3.8, 4) is 0 Å². The summed E-state index contributed by atoms with van der Waals surface area (Å²) in [6.45, 7) is 8.93. The molecule has 0 aromatic heterocycles. The summed E-state index contributed by atoms with van der Waals surface area (Å²) in [5.74, 6) is 2.59. The molecule has 1 fully saturated rings. The normalized spacial score (nSPS) is 26.6. The van der Waals surface area contributed by atoms with Crippen molar-refractivity contribution in [2.24, 2.45) is 5.41 Å². The summed E-state index contributed by atoms with van der Waals surface area (Å²) in [5, 5.41) is 10.8. The summed E-state index contributed by atoms with van der Waals surface area (Å²) < 4.78 is 0. The summed E-state index contributed by atoms with van der Waals surface area (Å²) in [7, 11) is 0. The zero-order valence-corrected chi connectivity index (χ0v) is 13.4. The van der Waals surface area contributed by atoms with E-state index >= 15 is 0 Å². The Labute approximate surface area is 121 Å². The molecule has 1 aliphatic rings. The van der Waals surface area contributed by atoms with Gasteiger partial charge in [-0.1, -0.05) is 52.0 Å². The second-order valence-electron chi connectivity index (χ2n) is 7.13. The van der Waals surface area contributed by atoms with E-state index < -0.39 is 5.60 Å². The summed E-state index contributed by atoms with van der Waals surface area (Å²) >= 11 is 1.89. The number of thioether (sulfide) groups is 1. The largest absolute Gasteiger partial charge is 0.389 e. The zero-order chi connectivity index (χ0) is 14.1. The number of aliphatic hydroxyl groups is 1. The minimum atomic E-state index is -0.536. The second kappa shape index (κ2) is 5.49. The van der Waals surface area contributed by atoms with Crippen molar-refractivity contribution in [3.63, 3.8) is 0 Å². The van der Waals surface area contributed by atoms with Gasteiger partial charge in [0.05, 0.1) is 5.60 Å². The number of benzene rings is 1. The zero-order valence-electron chi connectivity index (χ0n) is 12.6. The Hall–Kier alpha value is -0.470.